The molecule has 4 aromatic rings. The van der Waals surface area contributed by atoms with E-state index in [1.54, 1.807) is 23.8 Å². The molecule has 0 bridgehead atoms. The minimum absolute atomic E-state index is 0.319. The lowest BCUT2D eigenvalue weighted by Crippen LogP contribution is -1.91. The molecule has 0 atom stereocenters. The normalized spacial score (nSPS) is 11.4. The van der Waals surface area contributed by atoms with Gasteiger partial charge < -0.3 is 4.74 Å². The van der Waals surface area contributed by atoms with Crippen LogP contribution in [0.2, 0.25) is 0 Å². The van der Waals surface area contributed by atoms with Crippen molar-refractivity contribution in [2.24, 2.45) is 0 Å². The first-order valence-electron chi connectivity index (χ1n) is 7.54. The van der Waals surface area contributed by atoms with Crippen LogP contribution in [0.1, 0.15) is 10.6 Å². The smallest absolute Gasteiger partial charge is 0.235 e. The maximum Gasteiger partial charge on any atom is 0.235 e. The van der Waals surface area contributed by atoms with Gasteiger partial charge >= 0.3 is 0 Å². The van der Waals surface area contributed by atoms with Gasteiger partial charge in [-0.3, -0.25) is 0 Å². The molecule has 2 heterocycles. The lowest BCUT2D eigenvalue weighted by atomic mass is 10.2. The van der Waals surface area contributed by atoms with E-state index in [1.807, 2.05) is 36.4 Å². The van der Waals surface area contributed by atoms with Crippen molar-refractivity contribution in [3.05, 3.63) is 64.9 Å². The van der Waals surface area contributed by atoms with E-state index in [-0.39, 0.29) is 5.82 Å². The van der Waals surface area contributed by atoms with Crippen molar-refractivity contribution in [2.45, 2.75) is 0 Å². The number of methoxy groups -OCH3 is 1. The van der Waals surface area contributed by atoms with Gasteiger partial charge in [0.2, 0.25) is 4.96 Å². The Kier molecular flexibility index (Phi) is 3.99. The number of rotatable bonds is 4. The monoisotopic (exact) mass is 352 g/mol. The molecule has 0 aliphatic carbocycles. The SMILES string of the molecule is COc1ccccc1/C=C\c1nn2c(-c3cccc(F)c3)nnc2s1. The predicted molar refractivity (Wildman–Crippen MR) is 96.0 cm³/mol. The maximum atomic E-state index is 13.4. The molecule has 0 aliphatic rings. The van der Waals surface area contributed by atoms with E-state index in [0.717, 1.165) is 16.3 Å². The van der Waals surface area contributed by atoms with Gasteiger partial charge in [0.25, 0.3) is 0 Å². The van der Waals surface area contributed by atoms with Gasteiger partial charge in [0.1, 0.15) is 16.6 Å². The Morgan fingerprint density at radius 2 is 1.96 bits per heavy atom. The molecule has 2 aromatic carbocycles. The van der Waals surface area contributed by atoms with Crippen molar-refractivity contribution >= 4 is 28.4 Å². The second kappa shape index (κ2) is 6.45. The van der Waals surface area contributed by atoms with E-state index in [0.29, 0.717) is 16.3 Å². The van der Waals surface area contributed by atoms with E-state index >= 15 is 0 Å². The highest BCUT2D eigenvalue weighted by atomic mass is 32.1. The Balaban J connectivity index is 1.70. The third-order valence-electron chi connectivity index (χ3n) is 3.63. The summed E-state index contributed by atoms with van der Waals surface area (Å²) in [5.74, 6) is 0.991. The van der Waals surface area contributed by atoms with E-state index < -0.39 is 0 Å². The average molecular weight is 352 g/mol. The summed E-state index contributed by atoms with van der Waals surface area (Å²) in [5, 5.41) is 13.5. The molecule has 0 aliphatic heterocycles. The summed E-state index contributed by atoms with van der Waals surface area (Å²) < 4.78 is 20.4. The van der Waals surface area contributed by atoms with Gasteiger partial charge in [-0.05, 0) is 30.4 Å². The molecule has 0 radical (unpaired) electrons. The van der Waals surface area contributed by atoms with Crippen molar-refractivity contribution in [1.82, 2.24) is 19.8 Å². The van der Waals surface area contributed by atoms with E-state index in [1.165, 1.54) is 23.5 Å². The standard InChI is InChI=1S/C18H13FN4OS/c1-24-15-8-3-2-5-12(15)9-10-16-22-23-17(20-21-18(23)25-16)13-6-4-7-14(19)11-13/h2-11H,1H3/b10-9-. The van der Waals surface area contributed by atoms with E-state index in [9.17, 15) is 4.39 Å². The summed E-state index contributed by atoms with van der Waals surface area (Å²) in [6.45, 7) is 0. The van der Waals surface area contributed by atoms with Crippen LogP contribution in [-0.4, -0.2) is 26.9 Å². The predicted octanol–water partition coefficient (Wildman–Crippen LogP) is 4.17. The zero-order chi connectivity index (χ0) is 17.2. The molecule has 2 aromatic heterocycles. The molecule has 0 N–H and O–H groups in total. The lowest BCUT2D eigenvalue weighted by Gasteiger charge is -2.02. The average Bonchev–Trinajstić information content (AvgIpc) is 3.20. The van der Waals surface area contributed by atoms with Gasteiger partial charge in [-0.15, -0.1) is 10.2 Å². The fourth-order valence-corrected chi connectivity index (χ4v) is 3.21. The fraction of sp³-hybridized carbons (Fsp3) is 0.0556. The first-order valence-corrected chi connectivity index (χ1v) is 8.35. The van der Waals surface area contributed by atoms with Gasteiger partial charge in [-0.1, -0.05) is 41.7 Å². The van der Waals surface area contributed by atoms with Gasteiger partial charge in [-0.2, -0.15) is 9.61 Å². The number of aromatic nitrogens is 4. The van der Waals surface area contributed by atoms with Gasteiger partial charge in [0.15, 0.2) is 5.82 Å². The topological polar surface area (TPSA) is 52.3 Å². The van der Waals surface area contributed by atoms with Gasteiger partial charge in [-0.25, -0.2) is 4.39 Å². The minimum Gasteiger partial charge on any atom is -0.496 e. The van der Waals surface area contributed by atoms with Crippen LogP contribution in [0, 0.1) is 5.82 Å². The Morgan fingerprint density at radius 1 is 1.08 bits per heavy atom. The number of halogens is 1. The van der Waals surface area contributed by atoms with Gasteiger partial charge in [0.05, 0.1) is 7.11 Å². The Labute approximate surface area is 147 Å². The molecule has 5 nitrogen and oxygen atoms in total. The zero-order valence-electron chi connectivity index (χ0n) is 13.3. The summed E-state index contributed by atoms with van der Waals surface area (Å²) in [6, 6.07) is 14.0. The number of hydrogen-bond donors (Lipinski definition) is 0. The number of ether oxygens (including phenoxy) is 1. The van der Waals surface area contributed by atoms with Crippen LogP contribution in [0.15, 0.2) is 48.5 Å². The van der Waals surface area contributed by atoms with Crippen molar-refractivity contribution in [1.29, 1.82) is 0 Å². The maximum absolute atomic E-state index is 13.4. The van der Waals surface area contributed by atoms with Crippen molar-refractivity contribution < 1.29 is 9.13 Å². The van der Waals surface area contributed by atoms with E-state index in [2.05, 4.69) is 15.3 Å². The molecule has 0 fully saturated rings. The second-order valence-corrected chi connectivity index (χ2v) is 6.23. The highest BCUT2D eigenvalue weighted by molar-refractivity contribution is 7.17. The summed E-state index contributed by atoms with van der Waals surface area (Å²) in [4.78, 5) is 0.652. The van der Waals surface area contributed by atoms with Crippen molar-refractivity contribution in [3.63, 3.8) is 0 Å². The van der Waals surface area contributed by atoms with Crippen LogP contribution in [-0.2, 0) is 0 Å². The van der Waals surface area contributed by atoms with Crippen molar-refractivity contribution in [3.8, 4) is 17.1 Å². The Hall–Kier alpha value is -3.06. The van der Waals surface area contributed by atoms with Crippen LogP contribution in [0.3, 0.4) is 0 Å². The van der Waals surface area contributed by atoms with Crippen LogP contribution in [0.25, 0.3) is 28.5 Å². The van der Waals surface area contributed by atoms with Crippen LogP contribution >= 0.6 is 11.3 Å². The number of para-hydroxylation sites is 1. The molecule has 0 saturated heterocycles. The lowest BCUT2D eigenvalue weighted by molar-refractivity contribution is 0.414. The first kappa shape index (κ1) is 15.5. The number of fused-ring (bicyclic) bond motifs is 1. The molecular weight excluding hydrogens is 339 g/mol. The molecule has 0 unspecified atom stereocenters. The Morgan fingerprint density at radius 3 is 2.80 bits per heavy atom. The largest absolute Gasteiger partial charge is 0.496 e. The van der Waals surface area contributed by atoms with Crippen LogP contribution in [0.4, 0.5) is 4.39 Å². The number of nitrogens with zero attached hydrogens (tertiary/aromatic N) is 4. The highest BCUT2D eigenvalue weighted by Crippen LogP contribution is 2.24. The molecule has 4 rings (SSSR count). The summed E-state index contributed by atoms with van der Waals surface area (Å²) in [7, 11) is 1.64. The molecule has 124 valence electrons. The Bertz CT molecular complexity index is 1070. The molecular formula is C18H13FN4OS. The third-order valence-corrected chi connectivity index (χ3v) is 4.50. The molecule has 0 spiro atoms. The first-order chi connectivity index (χ1) is 12.2. The fourth-order valence-electron chi connectivity index (χ4n) is 2.47. The minimum atomic E-state index is -0.319. The zero-order valence-corrected chi connectivity index (χ0v) is 14.1. The second-order valence-electron chi connectivity index (χ2n) is 5.24. The van der Waals surface area contributed by atoms with Crippen LogP contribution < -0.4 is 4.74 Å². The quantitative estimate of drug-likeness (QED) is 0.553. The summed E-state index contributed by atoms with van der Waals surface area (Å²) in [5.41, 5.74) is 1.60. The molecule has 0 amide bonds. The summed E-state index contributed by atoms with van der Waals surface area (Å²) >= 11 is 1.41. The highest BCUT2D eigenvalue weighted by Gasteiger charge is 2.12. The number of benzene rings is 2. The molecule has 7 heteroatoms. The van der Waals surface area contributed by atoms with Gasteiger partial charge in [0, 0.05) is 11.1 Å². The molecule has 0 saturated carbocycles. The number of hydrogen-bond acceptors (Lipinski definition) is 5. The van der Waals surface area contributed by atoms with Crippen LogP contribution in [0.5, 0.6) is 5.75 Å². The third kappa shape index (κ3) is 3.01. The van der Waals surface area contributed by atoms with Crippen molar-refractivity contribution in [2.75, 3.05) is 7.11 Å². The molecule has 25 heavy (non-hydrogen) atoms. The van der Waals surface area contributed by atoms with E-state index in [4.69, 9.17) is 4.74 Å². The summed E-state index contributed by atoms with van der Waals surface area (Å²) in [6.07, 6.45) is 3.83.